The fourth-order valence-corrected chi connectivity index (χ4v) is 2.18. The lowest BCUT2D eigenvalue weighted by Gasteiger charge is -2.00. The van der Waals surface area contributed by atoms with Gasteiger partial charge in [-0.2, -0.15) is 0 Å². The monoisotopic (exact) mass is 257 g/mol. The molecule has 0 atom stereocenters. The van der Waals surface area contributed by atoms with E-state index >= 15 is 0 Å². The summed E-state index contributed by atoms with van der Waals surface area (Å²) in [6.45, 7) is 0. The molecule has 0 spiro atoms. The zero-order chi connectivity index (χ0) is 9.97. The minimum Gasteiger partial charge on any atom is -0.353 e. The van der Waals surface area contributed by atoms with E-state index in [0.717, 1.165) is 5.69 Å². The lowest BCUT2D eigenvalue weighted by Crippen LogP contribution is -1.97. The number of aromatic nitrogens is 1. The minimum absolute atomic E-state index is 0.0400. The van der Waals surface area contributed by atoms with Crippen LogP contribution in [-0.2, 0) is 0 Å². The Labute approximate surface area is 91.0 Å². The Bertz CT molecular complexity index is 329. The van der Waals surface area contributed by atoms with Crippen LogP contribution in [0.1, 0.15) is 47.8 Å². The second-order valence-electron chi connectivity index (χ2n) is 3.65. The van der Waals surface area contributed by atoms with Gasteiger partial charge in [-0.3, -0.25) is 4.79 Å². The van der Waals surface area contributed by atoms with Crippen molar-refractivity contribution < 1.29 is 9.32 Å². The van der Waals surface area contributed by atoms with Crippen molar-refractivity contribution in [2.24, 2.45) is 0 Å². The van der Waals surface area contributed by atoms with E-state index < -0.39 is 0 Å². The van der Waals surface area contributed by atoms with Crippen molar-refractivity contribution in [3.63, 3.8) is 0 Å². The molecule has 1 aromatic heterocycles. The van der Waals surface area contributed by atoms with Crippen molar-refractivity contribution in [2.45, 2.75) is 31.6 Å². The van der Waals surface area contributed by atoms with Gasteiger partial charge in [0.05, 0.1) is 11.0 Å². The van der Waals surface area contributed by atoms with Crippen molar-refractivity contribution in [2.75, 3.05) is 5.33 Å². The highest BCUT2D eigenvalue weighted by Gasteiger charge is 2.22. The van der Waals surface area contributed by atoms with Crippen LogP contribution in [0.4, 0.5) is 0 Å². The smallest absolute Gasteiger partial charge is 0.211 e. The van der Waals surface area contributed by atoms with E-state index in [1.54, 1.807) is 6.07 Å². The van der Waals surface area contributed by atoms with Crippen molar-refractivity contribution in [3.8, 4) is 0 Å². The summed E-state index contributed by atoms with van der Waals surface area (Å²) in [5.74, 6) is 0.848. The van der Waals surface area contributed by atoms with Gasteiger partial charge < -0.3 is 4.52 Å². The molecule has 1 aliphatic carbocycles. The molecule has 0 amide bonds. The lowest BCUT2D eigenvalue weighted by atomic mass is 10.0. The topological polar surface area (TPSA) is 43.1 Å². The third-order valence-corrected chi connectivity index (χ3v) is 3.21. The third-order valence-electron chi connectivity index (χ3n) is 2.70. The summed E-state index contributed by atoms with van der Waals surface area (Å²) in [4.78, 5) is 11.3. The standard InChI is InChI=1S/C10H12BrNO2/c11-6-9(13)10-5-8(12-14-10)7-3-1-2-4-7/h5,7H,1-4,6H2. The van der Waals surface area contributed by atoms with Crippen LogP contribution in [0.3, 0.4) is 0 Å². The lowest BCUT2D eigenvalue weighted by molar-refractivity contribution is 0.0984. The van der Waals surface area contributed by atoms with E-state index in [-0.39, 0.29) is 5.78 Å². The zero-order valence-electron chi connectivity index (χ0n) is 7.83. The maximum atomic E-state index is 11.3. The number of alkyl halides is 1. The minimum atomic E-state index is -0.0400. The Balaban J connectivity index is 2.12. The van der Waals surface area contributed by atoms with E-state index in [4.69, 9.17) is 4.52 Å². The second-order valence-corrected chi connectivity index (χ2v) is 4.21. The van der Waals surface area contributed by atoms with E-state index in [2.05, 4.69) is 21.1 Å². The highest BCUT2D eigenvalue weighted by molar-refractivity contribution is 9.09. The summed E-state index contributed by atoms with van der Waals surface area (Å²) in [5, 5.41) is 4.25. The number of nitrogens with zero attached hydrogens (tertiary/aromatic N) is 1. The van der Waals surface area contributed by atoms with Gasteiger partial charge in [0, 0.05) is 12.0 Å². The molecule has 1 heterocycles. The van der Waals surface area contributed by atoms with E-state index in [0.29, 0.717) is 17.0 Å². The molecule has 0 unspecified atom stereocenters. The van der Waals surface area contributed by atoms with Crippen LogP contribution < -0.4 is 0 Å². The van der Waals surface area contributed by atoms with Crippen LogP contribution in [0, 0.1) is 0 Å². The molecule has 0 bridgehead atoms. The SMILES string of the molecule is O=C(CBr)c1cc(C2CCCC2)no1. The number of ketones is 1. The quantitative estimate of drug-likeness (QED) is 0.618. The molecule has 4 heteroatoms. The summed E-state index contributed by atoms with van der Waals surface area (Å²) in [6, 6.07) is 1.79. The first kappa shape index (κ1) is 9.90. The molecule has 1 saturated carbocycles. The molecule has 2 rings (SSSR count). The normalized spacial score (nSPS) is 17.5. The molecule has 0 aliphatic heterocycles. The fraction of sp³-hybridized carbons (Fsp3) is 0.600. The average molecular weight is 258 g/mol. The number of halogens is 1. The van der Waals surface area contributed by atoms with E-state index in [9.17, 15) is 4.79 Å². The van der Waals surface area contributed by atoms with Gasteiger partial charge in [0.25, 0.3) is 0 Å². The first-order valence-electron chi connectivity index (χ1n) is 4.87. The second kappa shape index (κ2) is 4.26. The third kappa shape index (κ3) is 1.90. The van der Waals surface area contributed by atoms with E-state index in [1.807, 2.05) is 0 Å². The van der Waals surface area contributed by atoms with Gasteiger partial charge in [0.15, 0.2) is 0 Å². The van der Waals surface area contributed by atoms with Gasteiger partial charge >= 0.3 is 0 Å². The van der Waals surface area contributed by atoms with Gasteiger partial charge in [0.2, 0.25) is 11.5 Å². The summed E-state index contributed by atoms with van der Waals surface area (Å²) < 4.78 is 5.00. The van der Waals surface area contributed by atoms with Gasteiger partial charge in [-0.25, -0.2) is 0 Å². The maximum Gasteiger partial charge on any atom is 0.211 e. The van der Waals surface area contributed by atoms with Gasteiger partial charge in [0.1, 0.15) is 0 Å². The molecule has 0 saturated heterocycles. The Morgan fingerprint density at radius 3 is 2.93 bits per heavy atom. The summed E-state index contributed by atoms with van der Waals surface area (Å²) in [6.07, 6.45) is 4.88. The van der Waals surface area contributed by atoms with Crippen molar-refractivity contribution in [3.05, 3.63) is 17.5 Å². The van der Waals surface area contributed by atoms with Crippen LogP contribution >= 0.6 is 15.9 Å². The summed E-state index contributed by atoms with van der Waals surface area (Å²) in [5.41, 5.74) is 0.951. The van der Waals surface area contributed by atoms with Crippen LogP contribution in [0.15, 0.2) is 10.6 Å². The molecular weight excluding hydrogens is 246 g/mol. The molecular formula is C10H12BrNO2. The molecule has 0 aromatic carbocycles. The largest absolute Gasteiger partial charge is 0.353 e. The van der Waals surface area contributed by atoms with Crippen molar-refractivity contribution in [1.29, 1.82) is 0 Å². The highest BCUT2D eigenvalue weighted by atomic mass is 79.9. The Morgan fingerprint density at radius 1 is 1.57 bits per heavy atom. The van der Waals surface area contributed by atoms with Gasteiger partial charge in [-0.1, -0.05) is 33.9 Å². The van der Waals surface area contributed by atoms with Crippen LogP contribution in [0.25, 0.3) is 0 Å². The Kier molecular flexibility index (Phi) is 3.01. The van der Waals surface area contributed by atoms with Crippen LogP contribution in [0.2, 0.25) is 0 Å². The molecule has 1 fully saturated rings. The number of hydrogen-bond donors (Lipinski definition) is 0. The Hall–Kier alpha value is -0.640. The predicted octanol–water partition coefficient (Wildman–Crippen LogP) is 2.91. The number of Topliss-reactive ketones (excluding diaryl/α,β-unsaturated/α-hetero) is 1. The van der Waals surface area contributed by atoms with Crippen LogP contribution in [0.5, 0.6) is 0 Å². The van der Waals surface area contributed by atoms with Gasteiger partial charge in [-0.05, 0) is 12.8 Å². The molecule has 1 aliphatic rings. The summed E-state index contributed by atoms with van der Waals surface area (Å²) >= 11 is 3.11. The molecule has 14 heavy (non-hydrogen) atoms. The van der Waals surface area contributed by atoms with Gasteiger partial charge in [-0.15, -0.1) is 0 Å². The van der Waals surface area contributed by atoms with Crippen molar-refractivity contribution >= 4 is 21.7 Å². The van der Waals surface area contributed by atoms with E-state index in [1.165, 1.54) is 25.7 Å². The number of carbonyl (C=O) groups excluding carboxylic acids is 1. The fourth-order valence-electron chi connectivity index (χ4n) is 1.90. The molecule has 1 aromatic rings. The first-order valence-corrected chi connectivity index (χ1v) is 5.99. The predicted molar refractivity (Wildman–Crippen MR) is 55.8 cm³/mol. The molecule has 0 N–H and O–H groups in total. The molecule has 0 radical (unpaired) electrons. The van der Waals surface area contributed by atoms with Crippen molar-refractivity contribution in [1.82, 2.24) is 5.16 Å². The maximum absolute atomic E-state index is 11.3. The van der Waals surface area contributed by atoms with Crippen LogP contribution in [-0.4, -0.2) is 16.3 Å². The Morgan fingerprint density at radius 2 is 2.29 bits per heavy atom. The summed E-state index contributed by atoms with van der Waals surface area (Å²) in [7, 11) is 0. The average Bonchev–Trinajstić information content (AvgIpc) is 2.86. The number of hydrogen-bond acceptors (Lipinski definition) is 3. The number of rotatable bonds is 3. The highest BCUT2D eigenvalue weighted by Crippen LogP contribution is 2.33. The number of carbonyl (C=O) groups is 1. The molecule has 76 valence electrons. The first-order chi connectivity index (χ1) is 6.81. The zero-order valence-corrected chi connectivity index (χ0v) is 9.42. The molecule has 3 nitrogen and oxygen atoms in total.